The second-order valence-corrected chi connectivity index (χ2v) is 16.4. The zero-order chi connectivity index (χ0) is 28.4. The molecule has 2 fully saturated rings. The summed E-state index contributed by atoms with van der Waals surface area (Å²) in [6, 6.07) is 8.49. The van der Waals surface area contributed by atoms with Gasteiger partial charge in [-0.05, 0) is 11.1 Å². The van der Waals surface area contributed by atoms with Crippen LogP contribution in [-0.2, 0) is 40.0 Å². The molecule has 222 valence electrons. The first kappa shape index (κ1) is 34.2. The molecule has 2 heterocycles. The molecule has 0 aliphatic carbocycles. The van der Waals surface area contributed by atoms with Crippen LogP contribution >= 0.6 is 70.6 Å². The van der Waals surface area contributed by atoms with Crippen LogP contribution in [0, 0.1) is 0 Å². The van der Waals surface area contributed by atoms with Crippen LogP contribution in [-0.4, -0.2) is 94.3 Å². The Bertz CT molecular complexity index is 853. The summed E-state index contributed by atoms with van der Waals surface area (Å²) in [5.74, 6) is 4.30. The van der Waals surface area contributed by atoms with E-state index >= 15 is 0 Å². The number of thioether (sulfide) groups is 6. The first-order valence-electron chi connectivity index (χ1n) is 13.0. The average molecular weight is 663 g/mol. The van der Waals surface area contributed by atoms with Crippen LogP contribution in [0.2, 0.25) is 0 Å². The van der Waals surface area contributed by atoms with Gasteiger partial charge in [-0.2, -0.15) is 23.5 Å². The minimum Gasteiger partial charge on any atom is -0.456 e. The molecule has 0 radical (unpaired) electrons. The van der Waals surface area contributed by atoms with Crippen molar-refractivity contribution in [3.05, 3.63) is 60.7 Å². The number of esters is 2. The molecule has 12 heteroatoms. The van der Waals surface area contributed by atoms with E-state index in [1.54, 1.807) is 23.5 Å². The molecular formula is C28H38O6S6. The predicted molar refractivity (Wildman–Crippen MR) is 178 cm³/mol. The zero-order valence-corrected chi connectivity index (χ0v) is 27.5. The number of carbonyl (C=O) groups excluding carboxylic acids is 2. The Morgan fingerprint density at radius 2 is 1.32 bits per heavy atom. The van der Waals surface area contributed by atoms with E-state index in [0.29, 0.717) is 48.4 Å². The minimum absolute atomic E-state index is 0.309. The maximum absolute atomic E-state index is 11.8. The molecule has 4 atom stereocenters. The van der Waals surface area contributed by atoms with Gasteiger partial charge in [-0.1, -0.05) is 37.4 Å². The molecule has 1 aromatic rings. The van der Waals surface area contributed by atoms with Crippen LogP contribution in [0.3, 0.4) is 0 Å². The Kier molecular flexibility index (Phi) is 17.5. The smallest absolute Gasteiger partial charge is 0.330 e. The van der Waals surface area contributed by atoms with Gasteiger partial charge in [-0.25, -0.2) is 9.59 Å². The highest BCUT2D eigenvalue weighted by Gasteiger charge is 2.20. The Morgan fingerprint density at radius 1 is 0.850 bits per heavy atom. The van der Waals surface area contributed by atoms with E-state index in [2.05, 4.69) is 37.4 Å². The molecular weight excluding hydrogens is 625 g/mol. The van der Waals surface area contributed by atoms with Crippen molar-refractivity contribution in [3.63, 3.8) is 0 Å². The number of carbonyl (C=O) groups is 2. The maximum atomic E-state index is 11.8. The SMILES string of the molecule is C=CC(=O)OC(COCC1CSCS1)CSCc1cccc(CSCC(COCC2CSCS2)OC(=O)C=C)c1. The van der Waals surface area contributed by atoms with Crippen molar-refractivity contribution in [1.82, 2.24) is 0 Å². The summed E-state index contributed by atoms with van der Waals surface area (Å²) in [6.07, 6.45) is 1.78. The first-order valence-corrected chi connectivity index (χ1v) is 19.7. The molecule has 0 amide bonds. The van der Waals surface area contributed by atoms with Gasteiger partial charge < -0.3 is 18.9 Å². The Labute approximate surface area is 264 Å². The van der Waals surface area contributed by atoms with Crippen molar-refractivity contribution in [2.75, 3.05) is 59.6 Å². The predicted octanol–water partition coefficient (Wildman–Crippen LogP) is 5.99. The summed E-state index contributed by atoms with van der Waals surface area (Å²) in [7, 11) is 0. The lowest BCUT2D eigenvalue weighted by molar-refractivity contribution is -0.145. The van der Waals surface area contributed by atoms with Gasteiger partial charge in [0.15, 0.2) is 0 Å². The van der Waals surface area contributed by atoms with Crippen molar-refractivity contribution in [3.8, 4) is 0 Å². The van der Waals surface area contributed by atoms with Crippen LogP contribution in [0.4, 0.5) is 0 Å². The third-order valence-electron chi connectivity index (χ3n) is 5.63. The van der Waals surface area contributed by atoms with E-state index < -0.39 is 11.9 Å². The van der Waals surface area contributed by atoms with Gasteiger partial charge >= 0.3 is 11.9 Å². The van der Waals surface area contributed by atoms with E-state index in [1.807, 2.05) is 47.0 Å². The number of rotatable bonds is 20. The molecule has 40 heavy (non-hydrogen) atoms. The van der Waals surface area contributed by atoms with E-state index in [-0.39, 0.29) is 12.2 Å². The quantitative estimate of drug-likeness (QED) is 0.122. The lowest BCUT2D eigenvalue weighted by atomic mass is 10.2. The molecule has 1 aromatic carbocycles. The van der Waals surface area contributed by atoms with Crippen LogP contribution in [0.1, 0.15) is 11.1 Å². The van der Waals surface area contributed by atoms with Crippen LogP contribution < -0.4 is 0 Å². The third kappa shape index (κ3) is 14.2. The molecule has 2 saturated heterocycles. The lowest BCUT2D eigenvalue weighted by Crippen LogP contribution is -2.27. The Balaban J connectivity index is 1.40. The summed E-state index contributed by atoms with van der Waals surface area (Å²) < 4.78 is 22.8. The molecule has 0 N–H and O–H groups in total. The van der Waals surface area contributed by atoms with Gasteiger partial charge in [0.25, 0.3) is 0 Å². The van der Waals surface area contributed by atoms with Crippen LogP contribution in [0.5, 0.6) is 0 Å². The fraction of sp³-hybridized carbons (Fsp3) is 0.571. The fourth-order valence-electron chi connectivity index (χ4n) is 3.68. The number of hydrogen-bond donors (Lipinski definition) is 0. The highest BCUT2D eigenvalue weighted by Crippen LogP contribution is 2.30. The second-order valence-electron chi connectivity index (χ2n) is 9.01. The van der Waals surface area contributed by atoms with Gasteiger partial charge in [0.1, 0.15) is 12.2 Å². The molecule has 2 aliphatic heterocycles. The van der Waals surface area contributed by atoms with Crippen molar-refractivity contribution < 1.29 is 28.5 Å². The topological polar surface area (TPSA) is 71.1 Å². The van der Waals surface area contributed by atoms with Gasteiger partial charge in [0, 0.05) is 67.3 Å². The molecule has 0 saturated carbocycles. The van der Waals surface area contributed by atoms with Crippen molar-refractivity contribution >= 4 is 82.5 Å². The average Bonchev–Trinajstić information content (AvgIpc) is 3.68. The van der Waals surface area contributed by atoms with Gasteiger partial charge in [-0.15, -0.1) is 47.0 Å². The molecule has 0 bridgehead atoms. The fourth-order valence-corrected chi connectivity index (χ4v) is 11.1. The minimum atomic E-state index is -0.419. The summed E-state index contributed by atoms with van der Waals surface area (Å²) in [4.78, 5) is 23.6. The van der Waals surface area contributed by atoms with E-state index in [4.69, 9.17) is 18.9 Å². The number of benzene rings is 1. The van der Waals surface area contributed by atoms with Crippen molar-refractivity contribution in [2.45, 2.75) is 34.2 Å². The van der Waals surface area contributed by atoms with Crippen LogP contribution in [0.25, 0.3) is 0 Å². The second kappa shape index (κ2) is 20.5. The van der Waals surface area contributed by atoms with Gasteiger partial charge in [0.05, 0.1) is 26.4 Å². The van der Waals surface area contributed by atoms with E-state index in [9.17, 15) is 9.59 Å². The summed E-state index contributed by atoms with van der Waals surface area (Å²) in [5, 5.41) is 3.27. The molecule has 4 unspecified atom stereocenters. The van der Waals surface area contributed by atoms with Crippen molar-refractivity contribution in [1.29, 1.82) is 0 Å². The molecule has 2 aliphatic rings. The maximum Gasteiger partial charge on any atom is 0.330 e. The molecule has 0 aromatic heterocycles. The number of ether oxygens (including phenoxy) is 4. The normalized spacial score (nSPS) is 20.1. The largest absolute Gasteiger partial charge is 0.456 e. The highest BCUT2D eigenvalue weighted by molar-refractivity contribution is 8.19. The summed E-state index contributed by atoms with van der Waals surface area (Å²) in [5.41, 5.74) is 2.42. The monoisotopic (exact) mass is 662 g/mol. The van der Waals surface area contributed by atoms with Gasteiger partial charge in [0.2, 0.25) is 0 Å². The number of hydrogen-bond acceptors (Lipinski definition) is 12. The zero-order valence-electron chi connectivity index (χ0n) is 22.6. The van der Waals surface area contributed by atoms with E-state index in [1.165, 1.54) is 23.3 Å². The standard InChI is InChI=1S/C28H38O6S6/c1-3-27(29)33-23(9-31-11-25-17-37-19-39-25)15-35-13-21-6-5-7-22(8-21)14-36-16-24(34-28(30)4-2)10-32-12-26-18-38-20-40-26/h3-8,23-26H,1-2,9-20H2. The molecule has 0 spiro atoms. The third-order valence-corrected chi connectivity index (χ3v) is 13.6. The molecule has 6 nitrogen and oxygen atoms in total. The first-order chi connectivity index (χ1) is 19.6. The Hall–Kier alpha value is -0.340. The highest BCUT2D eigenvalue weighted by atomic mass is 32.2. The van der Waals surface area contributed by atoms with Crippen LogP contribution in [0.15, 0.2) is 49.6 Å². The summed E-state index contributed by atoms with van der Waals surface area (Å²) >= 11 is 11.2. The Morgan fingerprint density at radius 3 is 1.73 bits per heavy atom. The van der Waals surface area contributed by atoms with E-state index in [0.717, 1.165) is 33.2 Å². The molecule has 3 rings (SSSR count). The van der Waals surface area contributed by atoms with Gasteiger partial charge in [-0.3, -0.25) is 0 Å². The summed E-state index contributed by atoms with van der Waals surface area (Å²) in [6.45, 7) is 9.18. The van der Waals surface area contributed by atoms with Crippen molar-refractivity contribution in [2.24, 2.45) is 0 Å². The lowest BCUT2D eigenvalue weighted by Gasteiger charge is -2.18.